The quantitative estimate of drug-likeness (QED) is 0.880. The highest BCUT2D eigenvalue weighted by Gasteiger charge is 2.31. The van der Waals surface area contributed by atoms with Crippen LogP contribution in [0.3, 0.4) is 0 Å². The lowest BCUT2D eigenvalue weighted by Gasteiger charge is -2.11. The third kappa shape index (κ3) is 2.54. The van der Waals surface area contributed by atoms with E-state index in [4.69, 9.17) is 11.6 Å². The standard InChI is InChI=1S/C11H12ClN3O2S2/c12-11-14-9(8-3-4-18-10(8)15-11)13-6-7-2-1-5-19(7,16)17/h3-4,7H,1-2,5-6H2,(H,13,14,15). The first-order valence-electron chi connectivity index (χ1n) is 5.92. The molecule has 0 radical (unpaired) electrons. The summed E-state index contributed by atoms with van der Waals surface area (Å²) in [6.07, 6.45) is 1.45. The molecule has 1 saturated heterocycles. The molecule has 0 aliphatic carbocycles. The fourth-order valence-corrected chi connectivity index (χ4v) is 5.01. The number of anilines is 1. The zero-order valence-electron chi connectivity index (χ0n) is 9.97. The van der Waals surface area contributed by atoms with Crippen molar-refractivity contribution in [2.45, 2.75) is 18.1 Å². The lowest BCUT2D eigenvalue weighted by Crippen LogP contribution is -2.25. The molecule has 19 heavy (non-hydrogen) atoms. The van der Waals surface area contributed by atoms with Crippen LogP contribution in [0, 0.1) is 0 Å². The summed E-state index contributed by atoms with van der Waals surface area (Å²) in [6.45, 7) is 0.376. The zero-order chi connectivity index (χ0) is 13.5. The van der Waals surface area contributed by atoms with Crippen molar-refractivity contribution < 1.29 is 8.42 Å². The highest BCUT2D eigenvalue weighted by atomic mass is 35.5. The molecular weight excluding hydrogens is 306 g/mol. The number of sulfone groups is 1. The molecule has 2 aromatic heterocycles. The molecule has 1 aliphatic rings. The molecule has 0 saturated carbocycles. The highest BCUT2D eigenvalue weighted by Crippen LogP contribution is 2.27. The summed E-state index contributed by atoms with van der Waals surface area (Å²) in [5.74, 6) is 0.899. The van der Waals surface area contributed by atoms with Crippen LogP contribution in [0.1, 0.15) is 12.8 Å². The van der Waals surface area contributed by atoms with Gasteiger partial charge in [0.1, 0.15) is 10.6 Å². The van der Waals surface area contributed by atoms with Gasteiger partial charge in [-0.1, -0.05) is 0 Å². The Labute approximate surface area is 119 Å². The summed E-state index contributed by atoms with van der Waals surface area (Å²) in [5.41, 5.74) is 0. The van der Waals surface area contributed by atoms with E-state index in [2.05, 4.69) is 15.3 Å². The van der Waals surface area contributed by atoms with Gasteiger partial charge in [-0.3, -0.25) is 0 Å². The van der Waals surface area contributed by atoms with Gasteiger partial charge in [0, 0.05) is 6.54 Å². The molecule has 1 unspecified atom stereocenters. The van der Waals surface area contributed by atoms with Gasteiger partial charge in [0.15, 0.2) is 9.84 Å². The average Bonchev–Trinajstić information content (AvgIpc) is 2.92. The third-order valence-corrected chi connectivity index (χ3v) is 6.51. The fourth-order valence-electron chi connectivity index (χ4n) is 2.26. The van der Waals surface area contributed by atoms with Crippen LogP contribution in [0.4, 0.5) is 5.82 Å². The van der Waals surface area contributed by atoms with Crippen LogP contribution < -0.4 is 5.32 Å². The van der Waals surface area contributed by atoms with Gasteiger partial charge in [-0.15, -0.1) is 11.3 Å². The van der Waals surface area contributed by atoms with E-state index in [1.165, 1.54) is 11.3 Å². The maximum absolute atomic E-state index is 11.8. The molecule has 3 rings (SSSR count). The van der Waals surface area contributed by atoms with E-state index in [1.807, 2.05) is 11.4 Å². The zero-order valence-corrected chi connectivity index (χ0v) is 12.4. The average molecular weight is 318 g/mol. The topological polar surface area (TPSA) is 72.0 Å². The minimum atomic E-state index is -2.94. The summed E-state index contributed by atoms with van der Waals surface area (Å²) in [6, 6.07) is 1.90. The smallest absolute Gasteiger partial charge is 0.225 e. The van der Waals surface area contributed by atoms with Crippen LogP contribution >= 0.6 is 22.9 Å². The monoisotopic (exact) mass is 317 g/mol. The van der Waals surface area contributed by atoms with Gasteiger partial charge in [0.25, 0.3) is 0 Å². The van der Waals surface area contributed by atoms with E-state index in [1.54, 1.807) is 0 Å². The fraction of sp³-hybridized carbons (Fsp3) is 0.455. The van der Waals surface area contributed by atoms with Gasteiger partial charge >= 0.3 is 0 Å². The van der Waals surface area contributed by atoms with Crippen LogP contribution in [0.25, 0.3) is 10.2 Å². The Morgan fingerprint density at radius 3 is 3.05 bits per heavy atom. The Hall–Kier alpha value is -0.920. The molecule has 0 aromatic carbocycles. The summed E-state index contributed by atoms with van der Waals surface area (Å²) in [7, 11) is -2.94. The lowest BCUT2D eigenvalue weighted by molar-refractivity contribution is 0.591. The van der Waals surface area contributed by atoms with Crippen LogP contribution in [0.5, 0.6) is 0 Å². The Balaban J connectivity index is 1.84. The molecule has 1 N–H and O–H groups in total. The number of rotatable bonds is 3. The van der Waals surface area contributed by atoms with Gasteiger partial charge in [-0.05, 0) is 35.9 Å². The molecule has 1 atom stereocenters. The van der Waals surface area contributed by atoms with Crippen LogP contribution in [-0.4, -0.2) is 35.9 Å². The molecule has 1 fully saturated rings. The van der Waals surface area contributed by atoms with Crippen LogP contribution in [0.2, 0.25) is 5.28 Å². The number of aromatic nitrogens is 2. The molecule has 0 spiro atoms. The second kappa shape index (κ2) is 4.88. The molecule has 102 valence electrons. The van der Waals surface area contributed by atoms with Crippen molar-refractivity contribution in [1.29, 1.82) is 0 Å². The lowest BCUT2D eigenvalue weighted by atomic mass is 10.2. The van der Waals surface area contributed by atoms with Crippen LogP contribution in [0.15, 0.2) is 11.4 Å². The van der Waals surface area contributed by atoms with E-state index in [0.29, 0.717) is 18.8 Å². The van der Waals surface area contributed by atoms with Gasteiger partial charge in [0.05, 0.1) is 16.4 Å². The minimum Gasteiger partial charge on any atom is -0.368 e. The first kappa shape index (κ1) is 13.1. The van der Waals surface area contributed by atoms with Crippen LogP contribution in [-0.2, 0) is 9.84 Å². The number of nitrogens with zero attached hydrogens (tertiary/aromatic N) is 2. The first-order valence-corrected chi connectivity index (χ1v) is 8.90. The maximum atomic E-state index is 11.8. The molecule has 0 amide bonds. The third-order valence-electron chi connectivity index (χ3n) is 3.26. The van der Waals surface area contributed by atoms with Crippen molar-refractivity contribution in [2.24, 2.45) is 0 Å². The van der Waals surface area contributed by atoms with E-state index >= 15 is 0 Å². The summed E-state index contributed by atoms with van der Waals surface area (Å²) in [5, 5.41) is 5.74. The number of nitrogens with one attached hydrogen (secondary N) is 1. The SMILES string of the molecule is O=S1(=O)CCCC1CNc1nc(Cl)nc2sccc12. The van der Waals surface area contributed by atoms with E-state index in [-0.39, 0.29) is 16.3 Å². The maximum Gasteiger partial charge on any atom is 0.225 e. The van der Waals surface area contributed by atoms with Gasteiger partial charge in [-0.2, -0.15) is 0 Å². The van der Waals surface area contributed by atoms with E-state index in [0.717, 1.165) is 16.6 Å². The van der Waals surface area contributed by atoms with Crippen molar-refractivity contribution >= 4 is 48.8 Å². The molecule has 8 heteroatoms. The highest BCUT2D eigenvalue weighted by molar-refractivity contribution is 7.92. The van der Waals surface area contributed by atoms with Gasteiger partial charge in [0.2, 0.25) is 5.28 Å². The number of fused-ring (bicyclic) bond motifs is 1. The van der Waals surface area contributed by atoms with Gasteiger partial charge in [-0.25, -0.2) is 18.4 Å². The number of thiophene rings is 1. The summed E-state index contributed by atoms with van der Waals surface area (Å²) in [4.78, 5) is 9.06. The molecule has 1 aliphatic heterocycles. The summed E-state index contributed by atoms with van der Waals surface area (Å²) < 4.78 is 23.5. The Morgan fingerprint density at radius 2 is 2.32 bits per heavy atom. The minimum absolute atomic E-state index is 0.173. The molecule has 2 aromatic rings. The second-order valence-electron chi connectivity index (χ2n) is 4.49. The predicted octanol–water partition coefficient (Wildman–Crippen LogP) is 2.33. The Morgan fingerprint density at radius 1 is 1.47 bits per heavy atom. The van der Waals surface area contributed by atoms with Crippen molar-refractivity contribution in [1.82, 2.24) is 9.97 Å². The van der Waals surface area contributed by atoms with Crippen molar-refractivity contribution in [3.05, 3.63) is 16.7 Å². The van der Waals surface area contributed by atoms with Gasteiger partial charge < -0.3 is 5.32 Å². The second-order valence-corrected chi connectivity index (χ2v) is 8.13. The van der Waals surface area contributed by atoms with E-state index < -0.39 is 9.84 Å². The molecule has 0 bridgehead atoms. The molecule has 5 nitrogen and oxygen atoms in total. The van der Waals surface area contributed by atoms with Crippen molar-refractivity contribution in [3.8, 4) is 0 Å². The molecular formula is C11H12ClN3O2S2. The first-order chi connectivity index (χ1) is 9.06. The summed E-state index contributed by atoms with van der Waals surface area (Å²) >= 11 is 7.34. The van der Waals surface area contributed by atoms with E-state index in [9.17, 15) is 8.42 Å². The molecule has 3 heterocycles. The Kier molecular flexibility index (Phi) is 3.36. The number of hydrogen-bond acceptors (Lipinski definition) is 6. The Bertz CT molecular complexity index is 714. The van der Waals surface area contributed by atoms with Crippen molar-refractivity contribution in [2.75, 3.05) is 17.6 Å². The largest absolute Gasteiger partial charge is 0.368 e. The number of halogens is 1. The predicted molar refractivity (Wildman–Crippen MR) is 77.7 cm³/mol. The normalized spacial score (nSPS) is 21.8. The number of hydrogen-bond donors (Lipinski definition) is 1. The van der Waals surface area contributed by atoms with Crippen molar-refractivity contribution in [3.63, 3.8) is 0 Å².